The molecule has 0 aromatic heterocycles. The van der Waals surface area contributed by atoms with Gasteiger partial charge in [0.15, 0.2) is 6.73 Å². The van der Waals surface area contributed by atoms with Gasteiger partial charge in [0.2, 0.25) is 0 Å². The normalized spacial score (nSPS) is 12.6. The van der Waals surface area contributed by atoms with Crippen molar-refractivity contribution in [3.63, 3.8) is 0 Å². The van der Waals surface area contributed by atoms with E-state index in [1.807, 2.05) is 6.92 Å². The molecule has 0 heterocycles. The Morgan fingerprint density at radius 2 is 1.80 bits per heavy atom. The van der Waals surface area contributed by atoms with Crippen LogP contribution in [-0.2, 0) is 4.74 Å². The first-order valence-electron chi connectivity index (χ1n) is 3.91. The lowest BCUT2D eigenvalue weighted by atomic mass is 10.3. The van der Waals surface area contributed by atoms with Gasteiger partial charge in [0.1, 0.15) is 0 Å². The van der Waals surface area contributed by atoms with E-state index in [-0.39, 0.29) is 0 Å². The van der Waals surface area contributed by atoms with E-state index in [1.54, 1.807) is 0 Å². The molecule has 0 saturated heterocycles. The highest BCUT2D eigenvalue weighted by atomic mass is 16.5. The maximum Gasteiger partial charge on any atom is 0.182 e. The van der Waals surface area contributed by atoms with E-state index < -0.39 is 0 Å². The Balaban J connectivity index is 3.63. The van der Waals surface area contributed by atoms with Crippen LogP contribution in [0.2, 0.25) is 0 Å². The SMILES string of the molecule is CCOC[N+](C)(C)C(C)C. The summed E-state index contributed by atoms with van der Waals surface area (Å²) < 4.78 is 6.27. The highest BCUT2D eigenvalue weighted by Gasteiger charge is 2.18. The smallest absolute Gasteiger partial charge is 0.182 e. The van der Waals surface area contributed by atoms with Crippen LogP contribution in [0.3, 0.4) is 0 Å². The van der Waals surface area contributed by atoms with Gasteiger partial charge in [-0.1, -0.05) is 0 Å². The molecule has 0 fully saturated rings. The molecular formula is C8H20NO+. The molecule has 2 nitrogen and oxygen atoms in total. The average molecular weight is 146 g/mol. The summed E-state index contributed by atoms with van der Waals surface area (Å²) in [6.07, 6.45) is 0. The fourth-order valence-electron chi connectivity index (χ4n) is 0.476. The minimum absolute atomic E-state index is 0.631. The third-order valence-corrected chi connectivity index (χ3v) is 2.03. The Kier molecular flexibility index (Phi) is 3.91. The monoisotopic (exact) mass is 146 g/mol. The summed E-state index contributed by atoms with van der Waals surface area (Å²) in [4.78, 5) is 0. The molecule has 0 spiro atoms. The van der Waals surface area contributed by atoms with Crippen LogP contribution >= 0.6 is 0 Å². The van der Waals surface area contributed by atoms with E-state index in [2.05, 4.69) is 27.9 Å². The van der Waals surface area contributed by atoms with Crippen LogP contribution in [0.5, 0.6) is 0 Å². The Hall–Kier alpha value is -0.0800. The van der Waals surface area contributed by atoms with Crippen LogP contribution in [0.4, 0.5) is 0 Å². The van der Waals surface area contributed by atoms with Crippen LogP contribution in [0, 0.1) is 0 Å². The lowest BCUT2D eigenvalue weighted by Crippen LogP contribution is -2.47. The van der Waals surface area contributed by atoms with Crippen molar-refractivity contribution in [1.29, 1.82) is 0 Å². The van der Waals surface area contributed by atoms with Gasteiger partial charge in [0, 0.05) is 6.61 Å². The van der Waals surface area contributed by atoms with Gasteiger partial charge in [0.05, 0.1) is 20.1 Å². The predicted molar refractivity (Wildman–Crippen MR) is 43.7 cm³/mol. The summed E-state index contributed by atoms with van der Waals surface area (Å²) in [5.74, 6) is 0. The molecule has 0 amide bonds. The second kappa shape index (κ2) is 3.94. The molecule has 0 unspecified atom stereocenters. The number of hydrogen-bond acceptors (Lipinski definition) is 1. The molecule has 0 radical (unpaired) electrons. The van der Waals surface area contributed by atoms with Gasteiger partial charge in [-0.15, -0.1) is 0 Å². The lowest BCUT2D eigenvalue weighted by Gasteiger charge is -2.33. The first-order valence-corrected chi connectivity index (χ1v) is 3.91. The average Bonchev–Trinajstić information content (AvgIpc) is 1.84. The molecule has 0 bridgehead atoms. The van der Waals surface area contributed by atoms with Crippen LogP contribution in [0.25, 0.3) is 0 Å². The molecule has 0 aromatic rings. The Bertz CT molecular complexity index is 89.3. The molecule has 0 aliphatic carbocycles. The quantitative estimate of drug-likeness (QED) is 0.431. The van der Waals surface area contributed by atoms with Crippen LogP contribution in [-0.4, -0.2) is 38.0 Å². The lowest BCUT2D eigenvalue weighted by molar-refractivity contribution is -0.929. The van der Waals surface area contributed by atoms with E-state index in [0.717, 1.165) is 17.8 Å². The Labute approximate surface area is 64.4 Å². The molecule has 0 N–H and O–H groups in total. The molecule has 0 aliphatic rings. The highest BCUT2D eigenvalue weighted by Crippen LogP contribution is 2.04. The Morgan fingerprint density at radius 1 is 1.30 bits per heavy atom. The third kappa shape index (κ3) is 3.18. The van der Waals surface area contributed by atoms with Crippen molar-refractivity contribution < 1.29 is 9.22 Å². The van der Waals surface area contributed by atoms with Crippen molar-refractivity contribution in [2.45, 2.75) is 26.8 Å². The first-order chi connectivity index (χ1) is 4.50. The maximum atomic E-state index is 5.33. The van der Waals surface area contributed by atoms with E-state index in [9.17, 15) is 0 Å². The van der Waals surface area contributed by atoms with E-state index in [1.165, 1.54) is 0 Å². The zero-order chi connectivity index (χ0) is 8.20. The topological polar surface area (TPSA) is 9.23 Å². The molecule has 0 rings (SSSR count). The summed E-state index contributed by atoms with van der Waals surface area (Å²) in [6, 6.07) is 0.631. The minimum atomic E-state index is 0.631. The van der Waals surface area contributed by atoms with Gasteiger partial charge in [-0.3, -0.25) is 0 Å². The zero-order valence-corrected chi connectivity index (χ0v) is 7.85. The van der Waals surface area contributed by atoms with Crippen LogP contribution < -0.4 is 0 Å². The van der Waals surface area contributed by atoms with E-state index in [0.29, 0.717) is 6.04 Å². The molecule has 0 aromatic carbocycles. The largest absolute Gasteiger partial charge is 0.332 e. The van der Waals surface area contributed by atoms with Crippen molar-refractivity contribution >= 4 is 0 Å². The third-order valence-electron chi connectivity index (χ3n) is 2.03. The molecule has 0 atom stereocenters. The van der Waals surface area contributed by atoms with Crippen LogP contribution in [0.1, 0.15) is 20.8 Å². The molecule has 10 heavy (non-hydrogen) atoms. The number of nitrogens with zero attached hydrogens (tertiary/aromatic N) is 1. The van der Waals surface area contributed by atoms with Crippen molar-refractivity contribution in [3.05, 3.63) is 0 Å². The van der Waals surface area contributed by atoms with Gasteiger partial charge in [0.25, 0.3) is 0 Å². The van der Waals surface area contributed by atoms with Gasteiger partial charge < -0.3 is 9.22 Å². The number of ether oxygens (including phenoxy) is 1. The number of quaternary nitrogens is 1. The van der Waals surface area contributed by atoms with Crippen molar-refractivity contribution in [2.24, 2.45) is 0 Å². The van der Waals surface area contributed by atoms with Crippen molar-refractivity contribution in [2.75, 3.05) is 27.4 Å². The predicted octanol–water partition coefficient (Wildman–Crippen LogP) is 1.47. The summed E-state index contributed by atoms with van der Waals surface area (Å²) in [5.41, 5.74) is 0. The van der Waals surface area contributed by atoms with Gasteiger partial charge >= 0.3 is 0 Å². The standard InChI is InChI=1S/C8H20NO/c1-6-10-7-9(4,5)8(2)3/h8H,6-7H2,1-5H3/q+1. The summed E-state index contributed by atoms with van der Waals surface area (Å²) >= 11 is 0. The van der Waals surface area contributed by atoms with E-state index >= 15 is 0 Å². The minimum Gasteiger partial charge on any atom is -0.332 e. The first kappa shape index (κ1) is 9.92. The van der Waals surface area contributed by atoms with E-state index in [4.69, 9.17) is 4.74 Å². The fourth-order valence-corrected chi connectivity index (χ4v) is 0.476. The second-order valence-electron chi connectivity index (χ2n) is 3.49. The molecular weight excluding hydrogens is 126 g/mol. The van der Waals surface area contributed by atoms with Gasteiger partial charge in [-0.05, 0) is 20.8 Å². The number of rotatable bonds is 4. The molecule has 0 saturated carbocycles. The van der Waals surface area contributed by atoms with Crippen LogP contribution in [0.15, 0.2) is 0 Å². The fraction of sp³-hybridized carbons (Fsp3) is 1.00. The molecule has 62 valence electrons. The van der Waals surface area contributed by atoms with Crippen molar-refractivity contribution in [3.8, 4) is 0 Å². The second-order valence-corrected chi connectivity index (χ2v) is 3.49. The summed E-state index contributed by atoms with van der Waals surface area (Å²) in [7, 11) is 4.36. The number of hydrogen-bond donors (Lipinski definition) is 0. The van der Waals surface area contributed by atoms with Gasteiger partial charge in [-0.25, -0.2) is 0 Å². The summed E-state index contributed by atoms with van der Waals surface area (Å²) in [6.45, 7) is 8.07. The molecule has 2 heteroatoms. The van der Waals surface area contributed by atoms with Gasteiger partial charge in [-0.2, -0.15) is 0 Å². The highest BCUT2D eigenvalue weighted by molar-refractivity contribution is 4.34. The Morgan fingerprint density at radius 3 is 2.10 bits per heavy atom. The zero-order valence-electron chi connectivity index (χ0n) is 7.85. The maximum absolute atomic E-state index is 5.33. The summed E-state index contributed by atoms with van der Waals surface area (Å²) in [5, 5.41) is 0. The molecule has 0 aliphatic heterocycles. The van der Waals surface area contributed by atoms with Crippen molar-refractivity contribution in [1.82, 2.24) is 0 Å².